The van der Waals surface area contributed by atoms with Crippen LogP contribution in [0.2, 0.25) is 0 Å². The highest BCUT2D eigenvalue weighted by atomic mass is 79.9. The third kappa shape index (κ3) is 1.93. The van der Waals surface area contributed by atoms with E-state index in [0.29, 0.717) is 0 Å². The van der Waals surface area contributed by atoms with Gasteiger partial charge in [-0.3, -0.25) is 4.98 Å². The Labute approximate surface area is 58.0 Å². The minimum absolute atomic E-state index is 0. The minimum atomic E-state index is 0. The molecule has 0 bridgehead atoms. The van der Waals surface area contributed by atoms with Gasteiger partial charge in [0.1, 0.15) is 5.75 Å². The molecule has 3 heteroatoms. The molecule has 1 aromatic rings. The van der Waals surface area contributed by atoms with Gasteiger partial charge in [0.15, 0.2) is 0 Å². The summed E-state index contributed by atoms with van der Waals surface area (Å²) in [5, 5.41) is 8.57. The molecule has 1 rings (SSSR count). The van der Waals surface area contributed by atoms with E-state index in [1.807, 2.05) is 0 Å². The maximum absolute atomic E-state index is 8.57. The number of hydrogen-bond acceptors (Lipinski definition) is 2. The van der Waals surface area contributed by atoms with Crippen LogP contribution in [0.1, 0.15) is 0 Å². The minimum Gasteiger partial charge on any atom is -0.506 e. The van der Waals surface area contributed by atoms with Gasteiger partial charge in [-0.1, -0.05) is 0 Å². The highest BCUT2D eigenvalue weighted by Crippen LogP contribution is 1.99. The zero-order valence-corrected chi connectivity index (χ0v) is 5.83. The lowest BCUT2D eigenvalue weighted by Crippen LogP contribution is -1.64. The summed E-state index contributed by atoms with van der Waals surface area (Å²) < 4.78 is 0. The van der Waals surface area contributed by atoms with E-state index < -0.39 is 0 Å². The van der Waals surface area contributed by atoms with Crippen molar-refractivity contribution in [2.45, 2.75) is 0 Å². The first-order valence-electron chi connectivity index (χ1n) is 1.98. The molecule has 0 aliphatic heterocycles. The first-order valence-corrected chi connectivity index (χ1v) is 1.98. The summed E-state index contributed by atoms with van der Waals surface area (Å²) in [5.41, 5.74) is 0. The monoisotopic (exact) mass is 175 g/mol. The van der Waals surface area contributed by atoms with Gasteiger partial charge in [-0.05, 0) is 12.1 Å². The topological polar surface area (TPSA) is 33.1 Å². The molecule has 2 nitrogen and oxygen atoms in total. The van der Waals surface area contributed by atoms with Crippen LogP contribution in [0, 0.1) is 0 Å². The molecule has 1 heterocycles. The van der Waals surface area contributed by atoms with Crippen molar-refractivity contribution in [2.75, 3.05) is 0 Å². The van der Waals surface area contributed by atoms with Crippen LogP contribution in [0.3, 0.4) is 0 Å². The summed E-state index contributed by atoms with van der Waals surface area (Å²) in [7, 11) is 0. The molecule has 0 aliphatic rings. The van der Waals surface area contributed by atoms with Crippen LogP contribution in [0.4, 0.5) is 0 Å². The molecule has 0 aromatic carbocycles. The van der Waals surface area contributed by atoms with E-state index in [-0.39, 0.29) is 22.7 Å². The highest BCUT2D eigenvalue weighted by Gasteiger charge is 1.76. The number of aromatic nitrogens is 1. The first-order chi connectivity index (χ1) is 3.39. The summed E-state index contributed by atoms with van der Waals surface area (Å²) in [5.74, 6) is 0.211. The first kappa shape index (κ1) is 7.43. The van der Waals surface area contributed by atoms with E-state index in [0.717, 1.165) is 0 Å². The van der Waals surface area contributed by atoms with E-state index >= 15 is 0 Å². The SMILES string of the molecule is Br.Oc1cccnc1. The molecule has 0 saturated carbocycles. The molecular formula is C5H6BrNO. The molecule has 0 spiro atoms. The highest BCUT2D eigenvalue weighted by molar-refractivity contribution is 8.93. The average molecular weight is 176 g/mol. The van der Waals surface area contributed by atoms with Gasteiger partial charge in [0.25, 0.3) is 0 Å². The number of nitrogens with zero attached hydrogens (tertiary/aromatic N) is 1. The molecule has 0 radical (unpaired) electrons. The molecular weight excluding hydrogens is 170 g/mol. The van der Waals surface area contributed by atoms with Crippen molar-refractivity contribution >= 4 is 17.0 Å². The van der Waals surface area contributed by atoms with Crippen LogP contribution in [0.15, 0.2) is 24.5 Å². The molecule has 0 atom stereocenters. The fraction of sp³-hybridized carbons (Fsp3) is 0. The molecule has 0 unspecified atom stereocenters. The predicted molar refractivity (Wildman–Crippen MR) is 36.2 cm³/mol. The van der Waals surface area contributed by atoms with Crippen molar-refractivity contribution in [1.82, 2.24) is 4.98 Å². The van der Waals surface area contributed by atoms with Crippen LogP contribution in [-0.2, 0) is 0 Å². The standard InChI is InChI=1S/C5H5NO.BrH/c7-5-2-1-3-6-4-5;/h1-4,7H;1H. The zero-order valence-electron chi connectivity index (χ0n) is 4.11. The van der Waals surface area contributed by atoms with Gasteiger partial charge in [-0.2, -0.15) is 0 Å². The van der Waals surface area contributed by atoms with Crippen LogP contribution in [-0.4, -0.2) is 10.1 Å². The van der Waals surface area contributed by atoms with Crippen molar-refractivity contribution in [1.29, 1.82) is 0 Å². The Balaban J connectivity index is 0.000000490. The van der Waals surface area contributed by atoms with Crippen LogP contribution < -0.4 is 0 Å². The fourth-order valence-corrected chi connectivity index (χ4v) is 0.354. The number of rotatable bonds is 0. The molecule has 44 valence electrons. The molecule has 1 N–H and O–H groups in total. The van der Waals surface area contributed by atoms with Crippen molar-refractivity contribution in [3.63, 3.8) is 0 Å². The van der Waals surface area contributed by atoms with Gasteiger partial charge in [-0.25, -0.2) is 0 Å². The van der Waals surface area contributed by atoms with Gasteiger partial charge in [-0.15, -0.1) is 17.0 Å². The second-order valence-electron chi connectivity index (χ2n) is 1.21. The van der Waals surface area contributed by atoms with Crippen molar-refractivity contribution in [2.24, 2.45) is 0 Å². The summed E-state index contributed by atoms with van der Waals surface area (Å²) in [4.78, 5) is 3.63. The summed E-state index contributed by atoms with van der Waals surface area (Å²) in [6.45, 7) is 0. The Morgan fingerprint density at radius 1 is 1.50 bits per heavy atom. The number of halogens is 1. The van der Waals surface area contributed by atoms with E-state index in [2.05, 4.69) is 4.98 Å². The molecule has 0 aliphatic carbocycles. The van der Waals surface area contributed by atoms with Gasteiger partial charge < -0.3 is 5.11 Å². The van der Waals surface area contributed by atoms with Gasteiger partial charge in [0, 0.05) is 6.20 Å². The number of pyridine rings is 1. The molecule has 1 aromatic heterocycles. The largest absolute Gasteiger partial charge is 0.506 e. The van der Waals surface area contributed by atoms with E-state index in [1.165, 1.54) is 6.20 Å². The van der Waals surface area contributed by atoms with Gasteiger partial charge in [0.2, 0.25) is 0 Å². The molecule has 0 saturated heterocycles. The Hall–Kier alpha value is -0.570. The maximum Gasteiger partial charge on any atom is 0.133 e. The zero-order chi connectivity index (χ0) is 5.11. The Morgan fingerprint density at radius 2 is 2.25 bits per heavy atom. The third-order valence-electron chi connectivity index (χ3n) is 0.646. The molecule has 0 amide bonds. The summed E-state index contributed by atoms with van der Waals surface area (Å²) in [6.07, 6.45) is 3.00. The van der Waals surface area contributed by atoms with Crippen LogP contribution >= 0.6 is 17.0 Å². The Morgan fingerprint density at radius 3 is 2.50 bits per heavy atom. The van der Waals surface area contributed by atoms with E-state index in [1.54, 1.807) is 18.3 Å². The van der Waals surface area contributed by atoms with Crippen molar-refractivity contribution < 1.29 is 5.11 Å². The number of hydrogen-bond donors (Lipinski definition) is 1. The molecule has 0 fully saturated rings. The molecule has 8 heavy (non-hydrogen) atoms. The summed E-state index contributed by atoms with van der Waals surface area (Å²) in [6, 6.07) is 3.25. The van der Waals surface area contributed by atoms with E-state index in [4.69, 9.17) is 5.11 Å². The van der Waals surface area contributed by atoms with Crippen molar-refractivity contribution in [3.05, 3.63) is 24.5 Å². The fourth-order valence-electron chi connectivity index (χ4n) is 0.354. The second-order valence-corrected chi connectivity index (χ2v) is 1.21. The normalized spacial score (nSPS) is 7.50. The van der Waals surface area contributed by atoms with Crippen molar-refractivity contribution in [3.8, 4) is 5.75 Å². The lowest BCUT2D eigenvalue weighted by molar-refractivity contribution is 0.472. The van der Waals surface area contributed by atoms with Gasteiger partial charge >= 0.3 is 0 Å². The Bertz CT molecular complexity index is 142. The average Bonchev–Trinajstić information content (AvgIpc) is 1.69. The lowest BCUT2D eigenvalue weighted by atomic mass is 10.5. The smallest absolute Gasteiger partial charge is 0.133 e. The van der Waals surface area contributed by atoms with Crippen LogP contribution in [0.5, 0.6) is 5.75 Å². The quantitative estimate of drug-likeness (QED) is 0.647. The maximum atomic E-state index is 8.57. The van der Waals surface area contributed by atoms with E-state index in [9.17, 15) is 0 Å². The Kier molecular flexibility index (Phi) is 3.19. The number of aromatic hydroxyl groups is 1. The van der Waals surface area contributed by atoms with Crippen LogP contribution in [0.25, 0.3) is 0 Å². The lowest BCUT2D eigenvalue weighted by Gasteiger charge is -1.81. The van der Waals surface area contributed by atoms with Gasteiger partial charge in [0.05, 0.1) is 6.20 Å². The predicted octanol–water partition coefficient (Wildman–Crippen LogP) is 1.37. The third-order valence-corrected chi connectivity index (χ3v) is 0.646. The summed E-state index contributed by atoms with van der Waals surface area (Å²) >= 11 is 0. The second kappa shape index (κ2) is 3.43.